The van der Waals surface area contributed by atoms with Crippen LogP contribution in [0.15, 0.2) is 0 Å². The first kappa shape index (κ1) is 17.7. The van der Waals surface area contributed by atoms with Crippen LogP contribution >= 0.6 is 0 Å². The molecule has 5 nitrogen and oxygen atoms in total. The minimum Gasteiger partial charge on any atom is -0.481 e. The third-order valence-electron chi connectivity index (χ3n) is 2.68. The summed E-state index contributed by atoms with van der Waals surface area (Å²) in [6.07, 6.45) is -6.38. The lowest BCUT2D eigenvalue weighted by atomic mass is 9.87. The van der Waals surface area contributed by atoms with Gasteiger partial charge in [-0.05, 0) is 18.8 Å². The van der Waals surface area contributed by atoms with E-state index in [1.54, 1.807) is 13.8 Å². The molecule has 0 aromatic heterocycles. The molecule has 2 atom stereocenters. The second-order valence-corrected chi connectivity index (χ2v) is 4.78. The molecule has 0 fully saturated rings. The fourth-order valence-corrected chi connectivity index (χ4v) is 1.84. The number of hydroxylamine groups is 2. The molecule has 1 unspecified atom stereocenters. The lowest BCUT2D eigenvalue weighted by molar-refractivity contribution is -0.181. The normalized spacial score (nSPS) is 15.1. The van der Waals surface area contributed by atoms with E-state index in [0.717, 1.165) is 0 Å². The van der Waals surface area contributed by atoms with Gasteiger partial charge in [-0.25, -0.2) is 5.06 Å². The van der Waals surface area contributed by atoms with Crippen molar-refractivity contribution in [2.24, 2.45) is 11.8 Å². The van der Waals surface area contributed by atoms with Crippen LogP contribution in [-0.4, -0.2) is 40.0 Å². The summed E-state index contributed by atoms with van der Waals surface area (Å²) >= 11 is 0. The van der Waals surface area contributed by atoms with Crippen LogP contribution in [0.1, 0.15) is 33.1 Å². The lowest BCUT2D eigenvalue weighted by Crippen LogP contribution is -2.42. The number of halogens is 3. The van der Waals surface area contributed by atoms with Gasteiger partial charge in [0.1, 0.15) is 0 Å². The van der Waals surface area contributed by atoms with Crippen molar-refractivity contribution in [2.75, 3.05) is 0 Å². The van der Waals surface area contributed by atoms with E-state index >= 15 is 0 Å². The predicted molar refractivity (Wildman–Crippen MR) is 59.3 cm³/mol. The van der Waals surface area contributed by atoms with Gasteiger partial charge in [-0.3, -0.25) is 14.8 Å². The Hall–Kier alpha value is -1.31. The van der Waals surface area contributed by atoms with Crippen LogP contribution in [0.25, 0.3) is 0 Å². The van der Waals surface area contributed by atoms with Crippen molar-refractivity contribution >= 4 is 12.4 Å². The Bertz CT molecular complexity index is 307. The number of carbonyl (C=O) groups is 2. The number of alkyl halides is 3. The Labute approximate surface area is 109 Å². The van der Waals surface area contributed by atoms with Gasteiger partial charge in [0, 0.05) is 6.42 Å². The van der Waals surface area contributed by atoms with E-state index in [0.29, 0.717) is 0 Å². The van der Waals surface area contributed by atoms with Gasteiger partial charge in [-0.2, -0.15) is 13.2 Å². The molecular formula is C11H18F3NO4. The molecule has 0 aliphatic heterocycles. The molecule has 8 heteroatoms. The van der Waals surface area contributed by atoms with Crippen molar-refractivity contribution in [3.63, 3.8) is 0 Å². The summed E-state index contributed by atoms with van der Waals surface area (Å²) < 4.78 is 36.5. The second kappa shape index (κ2) is 7.32. The van der Waals surface area contributed by atoms with Gasteiger partial charge in [-0.15, -0.1) is 0 Å². The zero-order chi connectivity index (χ0) is 15.2. The van der Waals surface area contributed by atoms with Crippen LogP contribution < -0.4 is 0 Å². The summed E-state index contributed by atoms with van der Waals surface area (Å²) in [7, 11) is 0. The van der Waals surface area contributed by atoms with Crippen molar-refractivity contribution in [3.05, 3.63) is 0 Å². The molecule has 0 heterocycles. The minimum absolute atomic E-state index is 0.0207. The lowest BCUT2D eigenvalue weighted by Gasteiger charge is -2.29. The summed E-state index contributed by atoms with van der Waals surface area (Å²) in [5.41, 5.74) is 0. The van der Waals surface area contributed by atoms with Crippen LogP contribution in [0.3, 0.4) is 0 Å². The van der Waals surface area contributed by atoms with Gasteiger partial charge >= 0.3 is 12.1 Å². The number of amides is 1. The van der Waals surface area contributed by atoms with Crippen LogP contribution in [-0.2, 0) is 9.59 Å². The average Bonchev–Trinajstić information content (AvgIpc) is 2.25. The highest BCUT2D eigenvalue weighted by Crippen LogP contribution is 2.28. The largest absolute Gasteiger partial charge is 0.481 e. The number of hydrogen-bond acceptors (Lipinski definition) is 3. The number of carboxylic acid groups (broad SMARTS) is 1. The summed E-state index contributed by atoms with van der Waals surface area (Å²) in [6, 6.07) is -1.39. The zero-order valence-electron chi connectivity index (χ0n) is 10.7. The average molecular weight is 285 g/mol. The first-order chi connectivity index (χ1) is 8.58. The number of rotatable bonds is 8. The Morgan fingerprint density at radius 3 is 2.21 bits per heavy atom. The summed E-state index contributed by atoms with van der Waals surface area (Å²) in [4.78, 5) is 21.6. The van der Waals surface area contributed by atoms with Crippen molar-refractivity contribution in [1.29, 1.82) is 0 Å². The molecule has 2 N–H and O–H groups in total. The van der Waals surface area contributed by atoms with E-state index in [-0.39, 0.29) is 23.8 Å². The molecule has 0 aliphatic rings. The molecule has 0 saturated carbocycles. The van der Waals surface area contributed by atoms with Crippen molar-refractivity contribution in [3.8, 4) is 0 Å². The molecule has 0 rings (SSSR count). The van der Waals surface area contributed by atoms with Gasteiger partial charge in [0.05, 0.1) is 12.0 Å². The Kier molecular flexibility index (Phi) is 6.82. The van der Waals surface area contributed by atoms with Crippen LogP contribution in [0, 0.1) is 11.8 Å². The fraction of sp³-hybridized carbons (Fsp3) is 0.818. The van der Waals surface area contributed by atoms with Crippen LogP contribution in [0.2, 0.25) is 0 Å². The Balaban J connectivity index is 4.96. The third kappa shape index (κ3) is 7.00. The molecule has 0 bridgehead atoms. The molecule has 1 amide bonds. The maximum atomic E-state index is 12.2. The van der Waals surface area contributed by atoms with Gasteiger partial charge in [0.15, 0.2) is 0 Å². The quantitative estimate of drug-likeness (QED) is 0.407. The van der Waals surface area contributed by atoms with Crippen molar-refractivity contribution in [1.82, 2.24) is 5.06 Å². The molecule has 0 saturated heterocycles. The molecule has 0 radical (unpaired) electrons. The first-order valence-corrected chi connectivity index (χ1v) is 5.80. The molecule has 0 aliphatic carbocycles. The standard InChI is InChI=1S/C11H18F3NO4/c1-7(2)5-8(10(17)18)9(15(19)6-16)3-4-11(12,13)14/h6-9,19H,3-5H2,1-2H3,(H,17,18)/t8?,9-/m0/s1. The van der Waals surface area contributed by atoms with Gasteiger partial charge in [0.2, 0.25) is 6.41 Å². The Morgan fingerprint density at radius 1 is 1.37 bits per heavy atom. The highest BCUT2D eigenvalue weighted by atomic mass is 19.4. The van der Waals surface area contributed by atoms with Gasteiger partial charge in [-0.1, -0.05) is 13.8 Å². The van der Waals surface area contributed by atoms with Gasteiger partial charge < -0.3 is 5.11 Å². The van der Waals surface area contributed by atoms with E-state index in [4.69, 9.17) is 5.11 Å². The number of carbonyl (C=O) groups excluding carboxylic acids is 1. The highest BCUT2D eigenvalue weighted by molar-refractivity contribution is 5.71. The van der Waals surface area contributed by atoms with Gasteiger partial charge in [0.25, 0.3) is 0 Å². The molecule has 0 aromatic carbocycles. The number of carboxylic acids is 1. The fourth-order valence-electron chi connectivity index (χ4n) is 1.84. The number of hydrogen-bond donors (Lipinski definition) is 2. The van der Waals surface area contributed by atoms with E-state index < -0.39 is 36.9 Å². The predicted octanol–water partition coefficient (Wildman–Crippen LogP) is 2.29. The third-order valence-corrected chi connectivity index (χ3v) is 2.68. The van der Waals surface area contributed by atoms with E-state index in [9.17, 15) is 28.0 Å². The topological polar surface area (TPSA) is 77.8 Å². The maximum absolute atomic E-state index is 12.2. The second-order valence-electron chi connectivity index (χ2n) is 4.78. The van der Waals surface area contributed by atoms with Crippen molar-refractivity contribution < 1.29 is 33.1 Å². The highest BCUT2D eigenvalue weighted by Gasteiger charge is 2.36. The zero-order valence-corrected chi connectivity index (χ0v) is 10.7. The number of nitrogens with zero attached hydrogens (tertiary/aromatic N) is 1. The van der Waals surface area contributed by atoms with E-state index in [2.05, 4.69) is 0 Å². The van der Waals surface area contributed by atoms with Crippen LogP contribution in [0.5, 0.6) is 0 Å². The first-order valence-electron chi connectivity index (χ1n) is 5.80. The molecule has 112 valence electrons. The molecular weight excluding hydrogens is 267 g/mol. The maximum Gasteiger partial charge on any atom is 0.389 e. The summed E-state index contributed by atoms with van der Waals surface area (Å²) in [5.74, 6) is -2.66. The number of aliphatic carboxylic acids is 1. The van der Waals surface area contributed by atoms with Crippen LogP contribution in [0.4, 0.5) is 13.2 Å². The van der Waals surface area contributed by atoms with Crippen molar-refractivity contribution in [2.45, 2.75) is 45.3 Å². The smallest absolute Gasteiger partial charge is 0.389 e. The monoisotopic (exact) mass is 285 g/mol. The SMILES string of the molecule is CC(C)CC(C(=O)O)[C@H](CCC(F)(F)F)N(O)C=O. The van der Waals surface area contributed by atoms with E-state index in [1.165, 1.54) is 0 Å². The molecule has 0 aromatic rings. The molecule has 19 heavy (non-hydrogen) atoms. The summed E-state index contributed by atoms with van der Waals surface area (Å²) in [6.45, 7) is 3.42. The van der Waals surface area contributed by atoms with E-state index in [1.807, 2.05) is 0 Å². The Morgan fingerprint density at radius 2 is 1.89 bits per heavy atom. The minimum atomic E-state index is -4.47. The summed E-state index contributed by atoms with van der Waals surface area (Å²) in [5, 5.41) is 18.3. The molecule has 0 spiro atoms.